The Bertz CT molecular complexity index is 519. The summed E-state index contributed by atoms with van der Waals surface area (Å²) < 4.78 is 5.49. The van der Waals surface area contributed by atoms with E-state index in [0.717, 1.165) is 12.3 Å². The van der Waals surface area contributed by atoms with E-state index in [1.165, 1.54) is 28.8 Å². The number of methoxy groups -OCH3 is 1. The Hall–Kier alpha value is -1.44. The molecule has 0 fully saturated rings. The van der Waals surface area contributed by atoms with E-state index in [4.69, 9.17) is 4.74 Å². The first-order chi connectivity index (χ1) is 9.51. The molecule has 0 aromatic heterocycles. The molecule has 20 heavy (non-hydrogen) atoms. The standard InChI is InChI=1S/C18H27NO/c1-7-12(2)16-9-8-10-19(16)18-13(3)11-17(20-6)14(4)15(18)5/h8-9,11-12,16H,7,10H2,1-6H3/t12?,16-/m1/s1. The van der Waals surface area contributed by atoms with Crippen LogP contribution in [0.3, 0.4) is 0 Å². The lowest BCUT2D eigenvalue weighted by Gasteiger charge is -2.34. The molecule has 1 aromatic rings. The lowest BCUT2D eigenvalue weighted by atomic mass is 9.95. The van der Waals surface area contributed by atoms with Gasteiger partial charge in [0.05, 0.1) is 13.2 Å². The predicted octanol–water partition coefficient (Wildman–Crippen LogP) is 4.41. The van der Waals surface area contributed by atoms with Crippen molar-refractivity contribution >= 4 is 5.69 Å². The van der Waals surface area contributed by atoms with Gasteiger partial charge in [-0.15, -0.1) is 0 Å². The highest BCUT2D eigenvalue weighted by molar-refractivity contribution is 5.67. The van der Waals surface area contributed by atoms with Crippen molar-refractivity contribution in [1.82, 2.24) is 0 Å². The molecular weight excluding hydrogens is 246 g/mol. The van der Waals surface area contributed by atoms with Crippen molar-refractivity contribution in [2.45, 2.75) is 47.1 Å². The van der Waals surface area contributed by atoms with Crippen LogP contribution in [0.1, 0.15) is 37.0 Å². The summed E-state index contributed by atoms with van der Waals surface area (Å²) in [4.78, 5) is 2.55. The smallest absolute Gasteiger partial charge is 0.122 e. The number of rotatable bonds is 4. The molecule has 2 nitrogen and oxygen atoms in total. The van der Waals surface area contributed by atoms with Crippen molar-refractivity contribution in [3.05, 3.63) is 34.9 Å². The highest BCUT2D eigenvalue weighted by Crippen LogP contribution is 2.37. The van der Waals surface area contributed by atoms with Gasteiger partial charge in [0.2, 0.25) is 0 Å². The van der Waals surface area contributed by atoms with Crippen LogP contribution >= 0.6 is 0 Å². The molecule has 1 unspecified atom stereocenters. The first kappa shape index (κ1) is 15.0. The van der Waals surface area contributed by atoms with Crippen LogP contribution in [0.25, 0.3) is 0 Å². The molecule has 0 bridgehead atoms. The fourth-order valence-electron chi connectivity index (χ4n) is 3.20. The minimum atomic E-state index is 0.519. The van der Waals surface area contributed by atoms with Crippen LogP contribution in [-0.4, -0.2) is 19.7 Å². The summed E-state index contributed by atoms with van der Waals surface area (Å²) >= 11 is 0. The molecule has 1 aliphatic rings. The van der Waals surface area contributed by atoms with Crippen LogP contribution in [0, 0.1) is 26.7 Å². The number of ether oxygens (including phenoxy) is 1. The third-order valence-electron chi connectivity index (χ3n) is 4.74. The second kappa shape index (κ2) is 5.90. The fourth-order valence-corrected chi connectivity index (χ4v) is 3.20. The number of nitrogens with zero attached hydrogens (tertiary/aromatic N) is 1. The SMILES string of the molecule is CCC(C)[C@H]1C=CCN1c1c(C)cc(OC)c(C)c1C. The van der Waals surface area contributed by atoms with Gasteiger partial charge in [-0.1, -0.05) is 32.4 Å². The van der Waals surface area contributed by atoms with Crippen molar-refractivity contribution < 1.29 is 4.74 Å². The van der Waals surface area contributed by atoms with E-state index in [9.17, 15) is 0 Å². The number of hydrogen-bond donors (Lipinski definition) is 0. The molecule has 0 N–H and O–H groups in total. The van der Waals surface area contributed by atoms with E-state index in [0.29, 0.717) is 12.0 Å². The first-order valence-electron chi connectivity index (χ1n) is 7.59. The molecule has 0 radical (unpaired) electrons. The number of anilines is 1. The van der Waals surface area contributed by atoms with Crippen molar-refractivity contribution in [1.29, 1.82) is 0 Å². The van der Waals surface area contributed by atoms with Crippen molar-refractivity contribution in [2.24, 2.45) is 5.92 Å². The summed E-state index contributed by atoms with van der Waals surface area (Å²) in [6.07, 6.45) is 5.88. The molecule has 2 heteroatoms. The van der Waals surface area contributed by atoms with Crippen LogP contribution in [0.15, 0.2) is 18.2 Å². The average Bonchev–Trinajstić information content (AvgIpc) is 2.91. The second-order valence-corrected chi connectivity index (χ2v) is 5.95. The van der Waals surface area contributed by atoms with E-state index in [1.807, 2.05) is 0 Å². The number of aryl methyl sites for hydroxylation is 1. The molecule has 0 spiro atoms. The van der Waals surface area contributed by atoms with Crippen molar-refractivity contribution in [3.8, 4) is 5.75 Å². The molecule has 0 saturated heterocycles. The van der Waals surface area contributed by atoms with Crippen molar-refractivity contribution in [2.75, 3.05) is 18.6 Å². The zero-order chi connectivity index (χ0) is 14.9. The molecule has 0 saturated carbocycles. The van der Waals surface area contributed by atoms with Crippen LogP contribution in [0.4, 0.5) is 5.69 Å². The van der Waals surface area contributed by atoms with E-state index in [2.05, 4.69) is 57.7 Å². The van der Waals surface area contributed by atoms with Crippen LogP contribution in [-0.2, 0) is 0 Å². The van der Waals surface area contributed by atoms with Gasteiger partial charge in [-0.3, -0.25) is 0 Å². The quantitative estimate of drug-likeness (QED) is 0.753. The summed E-state index contributed by atoms with van der Waals surface area (Å²) in [6, 6.07) is 2.69. The summed E-state index contributed by atoms with van der Waals surface area (Å²) in [6.45, 7) is 12.2. The largest absolute Gasteiger partial charge is 0.496 e. The lowest BCUT2D eigenvalue weighted by molar-refractivity contribution is 0.410. The Morgan fingerprint density at radius 3 is 2.60 bits per heavy atom. The molecular formula is C18H27NO. The molecule has 0 amide bonds. The van der Waals surface area contributed by atoms with Gasteiger partial charge in [-0.2, -0.15) is 0 Å². The van der Waals surface area contributed by atoms with E-state index in [-0.39, 0.29) is 0 Å². The topological polar surface area (TPSA) is 12.5 Å². The number of benzene rings is 1. The maximum Gasteiger partial charge on any atom is 0.122 e. The minimum absolute atomic E-state index is 0.519. The van der Waals surface area contributed by atoms with E-state index >= 15 is 0 Å². The monoisotopic (exact) mass is 273 g/mol. The molecule has 1 heterocycles. The third-order valence-corrected chi connectivity index (χ3v) is 4.74. The Kier molecular flexibility index (Phi) is 4.42. The lowest BCUT2D eigenvalue weighted by Crippen LogP contribution is -2.35. The Morgan fingerprint density at radius 1 is 1.30 bits per heavy atom. The normalized spacial score (nSPS) is 19.5. The minimum Gasteiger partial charge on any atom is -0.496 e. The van der Waals surface area contributed by atoms with Gasteiger partial charge in [-0.05, 0) is 49.4 Å². The van der Waals surface area contributed by atoms with Crippen LogP contribution < -0.4 is 9.64 Å². The summed E-state index contributed by atoms with van der Waals surface area (Å²) in [5, 5.41) is 0. The van der Waals surface area contributed by atoms with Crippen LogP contribution in [0.5, 0.6) is 5.75 Å². The average molecular weight is 273 g/mol. The zero-order valence-corrected chi connectivity index (χ0v) is 13.7. The summed E-state index contributed by atoms with van der Waals surface area (Å²) in [5.41, 5.74) is 5.29. The highest BCUT2D eigenvalue weighted by atomic mass is 16.5. The van der Waals surface area contributed by atoms with E-state index < -0.39 is 0 Å². The van der Waals surface area contributed by atoms with Gasteiger partial charge in [0.25, 0.3) is 0 Å². The highest BCUT2D eigenvalue weighted by Gasteiger charge is 2.27. The Morgan fingerprint density at radius 2 is 2.00 bits per heavy atom. The van der Waals surface area contributed by atoms with Gasteiger partial charge in [0.15, 0.2) is 0 Å². The van der Waals surface area contributed by atoms with Gasteiger partial charge in [0, 0.05) is 12.2 Å². The van der Waals surface area contributed by atoms with Gasteiger partial charge >= 0.3 is 0 Å². The molecule has 0 aliphatic carbocycles. The molecule has 2 rings (SSSR count). The molecule has 1 aromatic carbocycles. The van der Waals surface area contributed by atoms with Crippen LogP contribution in [0.2, 0.25) is 0 Å². The predicted molar refractivity (Wildman–Crippen MR) is 86.9 cm³/mol. The zero-order valence-electron chi connectivity index (χ0n) is 13.7. The first-order valence-corrected chi connectivity index (χ1v) is 7.59. The second-order valence-electron chi connectivity index (χ2n) is 5.95. The van der Waals surface area contributed by atoms with Gasteiger partial charge < -0.3 is 9.64 Å². The summed E-state index contributed by atoms with van der Waals surface area (Å²) in [7, 11) is 1.75. The Labute approximate surface area is 123 Å². The van der Waals surface area contributed by atoms with Crippen molar-refractivity contribution in [3.63, 3.8) is 0 Å². The third kappa shape index (κ3) is 2.44. The van der Waals surface area contributed by atoms with E-state index in [1.54, 1.807) is 7.11 Å². The van der Waals surface area contributed by atoms with Gasteiger partial charge in [-0.25, -0.2) is 0 Å². The molecule has 1 aliphatic heterocycles. The maximum atomic E-state index is 5.49. The fraction of sp³-hybridized carbons (Fsp3) is 0.556. The Balaban J connectivity index is 2.45. The van der Waals surface area contributed by atoms with Gasteiger partial charge in [0.1, 0.15) is 5.75 Å². The number of hydrogen-bond acceptors (Lipinski definition) is 2. The molecule has 110 valence electrons. The maximum absolute atomic E-state index is 5.49. The summed E-state index contributed by atoms with van der Waals surface area (Å²) in [5.74, 6) is 1.67. The molecule has 2 atom stereocenters.